The van der Waals surface area contributed by atoms with Gasteiger partial charge in [-0.1, -0.05) is 47.5 Å². The second kappa shape index (κ2) is 8.49. The number of ether oxygens (including phenoxy) is 2. The zero-order valence-corrected chi connectivity index (χ0v) is 17.3. The van der Waals surface area contributed by atoms with E-state index in [1.807, 2.05) is 36.5 Å². The van der Waals surface area contributed by atoms with Crippen molar-refractivity contribution in [2.45, 2.75) is 6.10 Å². The predicted octanol–water partition coefficient (Wildman–Crippen LogP) is 5.21. The lowest BCUT2D eigenvalue weighted by molar-refractivity contribution is -0.0227. The van der Waals surface area contributed by atoms with E-state index in [1.54, 1.807) is 30.3 Å². The number of aromatic nitrogens is 1. The van der Waals surface area contributed by atoms with E-state index in [2.05, 4.69) is 4.98 Å². The molecule has 7 heteroatoms. The van der Waals surface area contributed by atoms with Crippen molar-refractivity contribution in [1.29, 1.82) is 0 Å². The molecule has 1 fully saturated rings. The van der Waals surface area contributed by atoms with Crippen LogP contribution in [0.3, 0.4) is 0 Å². The Hall–Kier alpha value is -2.47. The number of aromatic amines is 1. The molecule has 1 N–H and O–H groups in total. The summed E-state index contributed by atoms with van der Waals surface area (Å²) in [7, 11) is 1.62. The molecule has 2 aromatic carbocycles. The van der Waals surface area contributed by atoms with Crippen LogP contribution in [0.25, 0.3) is 11.1 Å². The van der Waals surface area contributed by atoms with Gasteiger partial charge in [0.05, 0.1) is 35.9 Å². The van der Waals surface area contributed by atoms with Crippen molar-refractivity contribution in [3.8, 4) is 16.9 Å². The van der Waals surface area contributed by atoms with E-state index in [0.29, 0.717) is 35.3 Å². The van der Waals surface area contributed by atoms with Crippen LogP contribution in [0.5, 0.6) is 5.75 Å². The maximum atomic E-state index is 13.3. The molecule has 29 heavy (non-hydrogen) atoms. The van der Waals surface area contributed by atoms with E-state index in [4.69, 9.17) is 32.7 Å². The van der Waals surface area contributed by atoms with Gasteiger partial charge in [-0.05, 0) is 23.8 Å². The molecular weight excluding hydrogens is 411 g/mol. The van der Waals surface area contributed by atoms with Crippen LogP contribution < -0.4 is 4.74 Å². The van der Waals surface area contributed by atoms with Crippen LogP contribution in [0, 0.1) is 0 Å². The lowest BCUT2D eigenvalue weighted by atomic mass is 10.0. The maximum absolute atomic E-state index is 13.3. The molecule has 0 radical (unpaired) electrons. The van der Waals surface area contributed by atoms with Gasteiger partial charge < -0.3 is 19.4 Å². The highest BCUT2D eigenvalue weighted by Gasteiger charge is 2.28. The number of methoxy groups -OCH3 is 1. The number of carbonyl (C=O) groups excluding carboxylic acids is 1. The van der Waals surface area contributed by atoms with Crippen LogP contribution in [-0.2, 0) is 4.74 Å². The molecule has 2 heterocycles. The number of benzene rings is 2. The number of carbonyl (C=O) groups is 1. The van der Waals surface area contributed by atoms with Crippen LogP contribution in [0.4, 0.5) is 0 Å². The Morgan fingerprint density at radius 2 is 1.97 bits per heavy atom. The number of nitrogens with one attached hydrogen (secondary N) is 1. The summed E-state index contributed by atoms with van der Waals surface area (Å²) in [6, 6.07) is 13.1. The van der Waals surface area contributed by atoms with Crippen LogP contribution >= 0.6 is 23.2 Å². The molecule has 3 aromatic rings. The first-order chi connectivity index (χ1) is 14.1. The molecule has 1 atom stereocenters. The van der Waals surface area contributed by atoms with E-state index in [0.717, 1.165) is 22.4 Å². The summed E-state index contributed by atoms with van der Waals surface area (Å²) in [5.74, 6) is 0.664. The van der Waals surface area contributed by atoms with Gasteiger partial charge in [0, 0.05) is 30.1 Å². The van der Waals surface area contributed by atoms with Gasteiger partial charge in [-0.2, -0.15) is 0 Å². The summed E-state index contributed by atoms with van der Waals surface area (Å²) in [6.07, 6.45) is 3.30. The monoisotopic (exact) mass is 430 g/mol. The minimum atomic E-state index is -0.254. The number of hydrogen-bond donors (Lipinski definition) is 1. The van der Waals surface area contributed by atoms with Gasteiger partial charge in [0.25, 0.3) is 5.91 Å². The summed E-state index contributed by atoms with van der Waals surface area (Å²) >= 11 is 12.2. The number of morpholine rings is 1. The standard InChI is InChI=1S/C22H20Cl2N2O3/c1-28-20-5-3-2-4-15(20)16-11-25-12-17(16)22(27)26-8-9-29-21(13-26)14-6-7-18(23)19(24)10-14/h2-7,10-12,21,25H,8-9,13H2,1H3. The third kappa shape index (κ3) is 3.99. The van der Waals surface area contributed by atoms with Gasteiger partial charge in [0.1, 0.15) is 11.9 Å². The lowest BCUT2D eigenvalue weighted by Gasteiger charge is -2.33. The largest absolute Gasteiger partial charge is 0.496 e. The minimum absolute atomic E-state index is 0.0551. The van der Waals surface area contributed by atoms with E-state index < -0.39 is 0 Å². The Bertz CT molecular complexity index is 1030. The quantitative estimate of drug-likeness (QED) is 0.617. The van der Waals surface area contributed by atoms with Crippen molar-refractivity contribution >= 4 is 29.1 Å². The molecule has 1 aliphatic heterocycles. The molecule has 1 aliphatic rings. The number of amides is 1. The van der Waals surface area contributed by atoms with Crippen LogP contribution in [-0.4, -0.2) is 42.6 Å². The highest BCUT2D eigenvalue weighted by atomic mass is 35.5. The van der Waals surface area contributed by atoms with Gasteiger partial charge in [-0.15, -0.1) is 0 Å². The third-order valence-electron chi connectivity index (χ3n) is 5.04. The van der Waals surface area contributed by atoms with Gasteiger partial charge in [0.15, 0.2) is 0 Å². The van der Waals surface area contributed by atoms with E-state index in [9.17, 15) is 4.79 Å². The van der Waals surface area contributed by atoms with Crippen molar-refractivity contribution in [2.75, 3.05) is 26.8 Å². The van der Waals surface area contributed by atoms with Crippen molar-refractivity contribution in [3.05, 3.63) is 76.0 Å². The average Bonchev–Trinajstić information content (AvgIpc) is 3.25. The summed E-state index contributed by atoms with van der Waals surface area (Å²) in [5.41, 5.74) is 3.18. The Morgan fingerprint density at radius 1 is 1.14 bits per heavy atom. The Labute approximate surface area is 179 Å². The molecule has 1 amide bonds. The highest BCUT2D eigenvalue weighted by Crippen LogP contribution is 2.34. The lowest BCUT2D eigenvalue weighted by Crippen LogP contribution is -2.42. The number of rotatable bonds is 4. The van der Waals surface area contributed by atoms with Crippen LogP contribution in [0.2, 0.25) is 10.0 Å². The average molecular weight is 431 g/mol. The Kier molecular flexibility index (Phi) is 5.81. The summed E-state index contributed by atoms with van der Waals surface area (Å²) < 4.78 is 11.3. The second-order valence-corrected chi connectivity index (χ2v) is 7.58. The second-order valence-electron chi connectivity index (χ2n) is 6.77. The smallest absolute Gasteiger partial charge is 0.256 e. The number of hydrogen-bond acceptors (Lipinski definition) is 3. The Morgan fingerprint density at radius 3 is 2.76 bits per heavy atom. The summed E-state index contributed by atoms with van der Waals surface area (Å²) in [4.78, 5) is 18.2. The zero-order valence-electron chi connectivity index (χ0n) is 15.8. The minimum Gasteiger partial charge on any atom is -0.496 e. The number of para-hydroxylation sites is 1. The van der Waals surface area contributed by atoms with Crippen molar-refractivity contribution < 1.29 is 14.3 Å². The molecule has 5 nitrogen and oxygen atoms in total. The fraction of sp³-hybridized carbons (Fsp3) is 0.227. The molecule has 1 saturated heterocycles. The molecular formula is C22H20Cl2N2O3. The summed E-state index contributed by atoms with van der Waals surface area (Å²) in [6.45, 7) is 1.41. The molecule has 4 rings (SSSR count). The van der Waals surface area contributed by atoms with Crippen LogP contribution in [0.1, 0.15) is 22.0 Å². The first kappa shape index (κ1) is 19.8. The van der Waals surface area contributed by atoms with Gasteiger partial charge in [-0.3, -0.25) is 4.79 Å². The molecule has 1 unspecified atom stereocenters. The zero-order chi connectivity index (χ0) is 20.4. The number of H-pyrrole nitrogens is 1. The predicted molar refractivity (Wildman–Crippen MR) is 114 cm³/mol. The van der Waals surface area contributed by atoms with Gasteiger partial charge >= 0.3 is 0 Å². The Balaban J connectivity index is 1.59. The fourth-order valence-corrected chi connectivity index (χ4v) is 3.86. The van der Waals surface area contributed by atoms with Gasteiger partial charge in [0.2, 0.25) is 0 Å². The maximum Gasteiger partial charge on any atom is 0.256 e. The highest BCUT2D eigenvalue weighted by molar-refractivity contribution is 6.42. The molecule has 0 saturated carbocycles. The first-order valence-corrected chi connectivity index (χ1v) is 10.00. The normalized spacial score (nSPS) is 16.7. The van der Waals surface area contributed by atoms with Crippen molar-refractivity contribution in [2.24, 2.45) is 0 Å². The molecule has 0 spiro atoms. The van der Waals surface area contributed by atoms with E-state index >= 15 is 0 Å². The number of nitrogens with zero attached hydrogens (tertiary/aromatic N) is 1. The third-order valence-corrected chi connectivity index (χ3v) is 5.78. The van der Waals surface area contributed by atoms with Gasteiger partial charge in [-0.25, -0.2) is 0 Å². The molecule has 0 bridgehead atoms. The molecule has 1 aromatic heterocycles. The van der Waals surface area contributed by atoms with Crippen molar-refractivity contribution in [3.63, 3.8) is 0 Å². The van der Waals surface area contributed by atoms with E-state index in [-0.39, 0.29) is 12.0 Å². The van der Waals surface area contributed by atoms with Crippen molar-refractivity contribution in [1.82, 2.24) is 9.88 Å². The molecule has 150 valence electrons. The first-order valence-electron chi connectivity index (χ1n) is 9.24. The van der Waals surface area contributed by atoms with E-state index in [1.165, 1.54) is 0 Å². The molecule has 0 aliphatic carbocycles. The summed E-state index contributed by atoms with van der Waals surface area (Å²) in [5, 5.41) is 0.966. The number of halogens is 2. The fourth-order valence-electron chi connectivity index (χ4n) is 3.55. The topological polar surface area (TPSA) is 54.6 Å². The SMILES string of the molecule is COc1ccccc1-c1c[nH]cc1C(=O)N1CCOC(c2ccc(Cl)c(Cl)c2)C1. The van der Waals surface area contributed by atoms with Crippen LogP contribution in [0.15, 0.2) is 54.9 Å².